The van der Waals surface area contributed by atoms with Crippen LogP contribution < -0.4 is 0 Å². The highest BCUT2D eigenvalue weighted by Gasteiger charge is 1.93. The first-order valence-electron chi connectivity index (χ1n) is 9.05. The van der Waals surface area contributed by atoms with Gasteiger partial charge in [0, 0.05) is 6.42 Å². The van der Waals surface area contributed by atoms with Crippen molar-refractivity contribution < 1.29 is 20.1 Å². The van der Waals surface area contributed by atoms with Gasteiger partial charge in [0.2, 0.25) is 0 Å². The average Bonchev–Trinajstić information content (AvgIpc) is 2.58. The van der Waals surface area contributed by atoms with E-state index in [0.717, 1.165) is 19.3 Å². The van der Waals surface area contributed by atoms with Crippen molar-refractivity contribution in [3.8, 4) is 0 Å². The molecule has 0 aliphatic carbocycles. The first-order valence-corrected chi connectivity index (χ1v) is 9.05. The monoisotopic (exact) mass is 360 g/mol. The van der Waals surface area contributed by atoms with Crippen molar-refractivity contribution in [2.75, 3.05) is 0 Å². The standard InChI is InChI=1S/C22H32O4/c1-20(23)16-12-10-11-14-18-21(24)17-13-8-6-4-2-3-5-7-9-15-19-22(25)26/h2-3,6-9,11-14,16-17,20-21,23-24H,4-5,10,15,18-19H2,1H3,(H,25,26)/b3-2-,8-6-,9-7-,14-11-,16-12-,17-13+/t20-,21-/m1/s1. The summed E-state index contributed by atoms with van der Waals surface area (Å²) >= 11 is 0. The Morgan fingerprint density at radius 1 is 0.808 bits per heavy atom. The molecular weight excluding hydrogens is 328 g/mol. The minimum Gasteiger partial charge on any atom is -0.481 e. The normalized spacial score (nSPS) is 15.5. The molecule has 0 aromatic carbocycles. The largest absolute Gasteiger partial charge is 0.481 e. The number of carboxylic acid groups (broad SMARTS) is 1. The van der Waals surface area contributed by atoms with Gasteiger partial charge in [0.15, 0.2) is 0 Å². The fourth-order valence-corrected chi connectivity index (χ4v) is 1.88. The molecule has 2 atom stereocenters. The van der Waals surface area contributed by atoms with Gasteiger partial charge < -0.3 is 15.3 Å². The summed E-state index contributed by atoms with van der Waals surface area (Å²) in [5.41, 5.74) is 0. The number of carbonyl (C=O) groups is 1. The van der Waals surface area contributed by atoms with Crippen LogP contribution in [0.3, 0.4) is 0 Å². The summed E-state index contributed by atoms with van der Waals surface area (Å²) in [6.45, 7) is 1.71. The first-order chi connectivity index (χ1) is 12.5. The van der Waals surface area contributed by atoms with E-state index >= 15 is 0 Å². The SMILES string of the molecule is C[C@@H](O)/C=C\C/C=C\C[C@H](O)/C=C/C=C\C/C=C\C/C=C\CCC(=O)O. The van der Waals surface area contributed by atoms with Gasteiger partial charge in [-0.05, 0) is 39.0 Å². The van der Waals surface area contributed by atoms with Gasteiger partial charge in [0.1, 0.15) is 0 Å². The number of aliphatic hydroxyl groups excluding tert-OH is 2. The number of aliphatic carboxylic acids is 1. The van der Waals surface area contributed by atoms with Gasteiger partial charge in [0.25, 0.3) is 0 Å². The fourth-order valence-electron chi connectivity index (χ4n) is 1.88. The Kier molecular flexibility index (Phi) is 16.2. The quantitative estimate of drug-likeness (QED) is 0.315. The van der Waals surface area contributed by atoms with Gasteiger partial charge in [-0.25, -0.2) is 0 Å². The van der Waals surface area contributed by atoms with Crippen LogP contribution in [0.1, 0.15) is 45.4 Å². The molecule has 0 aromatic rings. The van der Waals surface area contributed by atoms with Crippen LogP contribution in [-0.4, -0.2) is 33.5 Å². The average molecular weight is 360 g/mol. The maximum atomic E-state index is 10.3. The molecule has 0 heterocycles. The van der Waals surface area contributed by atoms with Crippen molar-refractivity contribution in [2.24, 2.45) is 0 Å². The van der Waals surface area contributed by atoms with E-state index in [-0.39, 0.29) is 6.42 Å². The summed E-state index contributed by atoms with van der Waals surface area (Å²) < 4.78 is 0. The second-order valence-corrected chi connectivity index (χ2v) is 5.84. The highest BCUT2D eigenvalue weighted by atomic mass is 16.4. The van der Waals surface area contributed by atoms with Crippen LogP contribution in [0.2, 0.25) is 0 Å². The Hall–Kier alpha value is -2.17. The minimum absolute atomic E-state index is 0.178. The van der Waals surface area contributed by atoms with Crippen LogP contribution in [0, 0.1) is 0 Å². The Bertz CT molecular complexity index is 522. The van der Waals surface area contributed by atoms with Crippen molar-refractivity contribution in [1.82, 2.24) is 0 Å². The van der Waals surface area contributed by atoms with Gasteiger partial charge in [-0.2, -0.15) is 0 Å². The van der Waals surface area contributed by atoms with Gasteiger partial charge in [-0.15, -0.1) is 0 Å². The lowest BCUT2D eigenvalue weighted by Crippen LogP contribution is -1.98. The second-order valence-electron chi connectivity index (χ2n) is 5.84. The smallest absolute Gasteiger partial charge is 0.303 e. The summed E-state index contributed by atoms with van der Waals surface area (Å²) in [6.07, 6.45) is 25.7. The number of carboxylic acids is 1. The molecule has 0 spiro atoms. The molecule has 0 aromatic heterocycles. The van der Waals surface area contributed by atoms with Gasteiger partial charge in [-0.3, -0.25) is 4.79 Å². The Morgan fingerprint density at radius 3 is 2.12 bits per heavy atom. The molecule has 0 unspecified atom stereocenters. The van der Waals surface area contributed by atoms with Crippen LogP contribution >= 0.6 is 0 Å². The van der Waals surface area contributed by atoms with Crippen LogP contribution in [0.4, 0.5) is 0 Å². The maximum absolute atomic E-state index is 10.3. The van der Waals surface area contributed by atoms with Crippen molar-refractivity contribution >= 4 is 5.97 Å². The molecule has 3 N–H and O–H groups in total. The third-order valence-corrected chi connectivity index (χ3v) is 3.21. The zero-order chi connectivity index (χ0) is 19.5. The number of allylic oxidation sites excluding steroid dienone is 9. The third-order valence-electron chi connectivity index (χ3n) is 3.21. The molecule has 0 aliphatic rings. The van der Waals surface area contributed by atoms with Crippen LogP contribution in [-0.2, 0) is 4.79 Å². The van der Waals surface area contributed by atoms with Crippen molar-refractivity contribution in [3.63, 3.8) is 0 Å². The van der Waals surface area contributed by atoms with E-state index in [1.54, 1.807) is 19.1 Å². The molecule has 0 saturated heterocycles. The minimum atomic E-state index is -0.769. The van der Waals surface area contributed by atoms with Crippen molar-refractivity contribution in [2.45, 2.75) is 57.7 Å². The highest BCUT2D eigenvalue weighted by Crippen LogP contribution is 1.99. The predicted molar refractivity (Wildman–Crippen MR) is 108 cm³/mol. The molecule has 0 rings (SSSR count). The molecule has 0 saturated carbocycles. The molecule has 0 aliphatic heterocycles. The van der Waals surface area contributed by atoms with Gasteiger partial charge in [0.05, 0.1) is 12.2 Å². The van der Waals surface area contributed by atoms with E-state index in [2.05, 4.69) is 0 Å². The topological polar surface area (TPSA) is 77.8 Å². The maximum Gasteiger partial charge on any atom is 0.303 e. The first kappa shape index (κ1) is 23.8. The number of hydrogen-bond acceptors (Lipinski definition) is 3. The molecule has 0 radical (unpaired) electrons. The zero-order valence-corrected chi connectivity index (χ0v) is 15.6. The molecule has 144 valence electrons. The molecule has 4 nitrogen and oxygen atoms in total. The summed E-state index contributed by atoms with van der Waals surface area (Å²) in [5, 5.41) is 27.3. The Morgan fingerprint density at radius 2 is 1.42 bits per heavy atom. The highest BCUT2D eigenvalue weighted by molar-refractivity contribution is 5.66. The summed E-state index contributed by atoms with van der Waals surface area (Å²) in [4.78, 5) is 10.3. The van der Waals surface area contributed by atoms with Crippen molar-refractivity contribution in [3.05, 3.63) is 72.9 Å². The lowest BCUT2D eigenvalue weighted by molar-refractivity contribution is -0.136. The van der Waals surface area contributed by atoms with Crippen molar-refractivity contribution in [1.29, 1.82) is 0 Å². The van der Waals surface area contributed by atoms with Gasteiger partial charge in [-0.1, -0.05) is 72.9 Å². The van der Waals surface area contributed by atoms with Crippen LogP contribution in [0.5, 0.6) is 0 Å². The number of hydrogen-bond donors (Lipinski definition) is 3. The van der Waals surface area contributed by atoms with E-state index in [1.165, 1.54) is 0 Å². The molecular formula is C22H32O4. The van der Waals surface area contributed by atoms with Gasteiger partial charge >= 0.3 is 5.97 Å². The fraction of sp³-hybridized carbons (Fsp3) is 0.409. The lowest BCUT2D eigenvalue weighted by Gasteiger charge is -1.98. The molecule has 4 heteroatoms. The van der Waals surface area contributed by atoms with E-state index in [0.29, 0.717) is 12.8 Å². The Labute approximate surface area is 157 Å². The summed E-state index contributed by atoms with van der Waals surface area (Å²) in [7, 11) is 0. The zero-order valence-electron chi connectivity index (χ0n) is 15.6. The number of rotatable bonds is 14. The van der Waals surface area contributed by atoms with E-state index in [9.17, 15) is 9.90 Å². The van der Waals surface area contributed by atoms with Crippen LogP contribution in [0.15, 0.2) is 72.9 Å². The molecule has 0 fully saturated rings. The summed E-state index contributed by atoms with van der Waals surface area (Å²) in [6, 6.07) is 0. The van der Waals surface area contributed by atoms with E-state index in [1.807, 2.05) is 60.8 Å². The third kappa shape index (κ3) is 19.9. The molecule has 26 heavy (non-hydrogen) atoms. The molecule has 0 bridgehead atoms. The number of aliphatic hydroxyl groups is 2. The predicted octanol–water partition coefficient (Wildman–Crippen LogP) is 4.49. The lowest BCUT2D eigenvalue weighted by atomic mass is 10.2. The van der Waals surface area contributed by atoms with E-state index in [4.69, 9.17) is 10.2 Å². The molecule has 0 amide bonds. The second kappa shape index (κ2) is 17.6. The Balaban J connectivity index is 3.74. The van der Waals surface area contributed by atoms with E-state index < -0.39 is 18.2 Å². The van der Waals surface area contributed by atoms with Crippen LogP contribution in [0.25, 0.3) is 0 Å². The summed E-state index contributed by atoms with van der Waals surface area (Å²) in [5.74, 6) is -0.769.